The fourth-order valence-electron chi connectivity index (χ4n) is 4.21. The summed E-state index contributed by atoms with van der Waals surface area (Å²) in [5.41, 5.74) is 4.32. The number of hydrogen-bond acceptors (Lipinski definition) is 6. The summed E-state index contributed by atoms with van der Waals surface area (Å²) in [4.78, 5) is 31.2. The molecule has 3 aromatic carbocycles. The molecule has 0 aliphatic carbocycles. The molecular formula is C31H30Cl2N4O5S. The van der Waals surface area contributed by atoms with Gasteiger partial charge >= 0.3 is 0 Å². The highest BCUT2D eigenvalue weighted by Gasteiger charge is 2.19. The molecule has 0 aliphatic rings. The van der Waals surface area contributed by atoms with Crippen molar-refractivity contribution in [3.63, 3.8) is 0 Å². The number of nitrogens with one attached hydrogen (secondary N) is 2. The Morgan fingerprint density at radius 3 is 2.53 bits per heavy atom. The molecule has 0 saturated heterocycles. The number of fused-ring (bicyclic) bond motifs is 1. The maximum absolute atomic E-state index is 12.9. The number of likely N-dealkylation sites (N-methyl/N-ethyl adjacent to an activating group) is 1. The lowest BCUT2D eigenvalue weighted by atomic mass is 10.1. The highest BCUT2D eigenvalue weighted by molar-refractivity contribution is 7.92. The average Bonchev–Trinajstić information content (AvgIpc) is 2.95. The molecule has 2 N–H and O–H groups in total. The molecule has 1 aromatic heterocycles. The van der Waals surface area contributed by atoms with Crippen molar-refractivity contribution in [2.75, 3.05) is 29.5 Å². The topological polar surface area (TPSA) is 118 Å². The van der Waals surface area contributed by atoms with E-state index >= 15 is 0 Å². The molecule has 1 heterocycles. The van der Waals surface area contributed by atoms with Gasteiger partial charge in [-0.15, -0.1) is 0 Å². The standard InChI is InChI=1S/C31H30Cl2N4O5S/c1-19-16-21(9-13-25(19)36-43(4,40)41)10-15-28(38)34-17-29(39)37(3)26-14-12-24(32)23(30(26)33)18-42-27-7-5-6-22-11-8-20(2)35-31(22)27/h5-16,36H,17-18H2,1-4H3,(H,34,38). The summed E-state index contributed by atoms with van der Waals surface area (Å²) in [5, 5.41) is 4.14. The summed E-state index contributed by atoms with van der Waals surface area (Å²) in [6.07, 6.45) is 3.93. The van der Waals surface area contributed by atoms with Crippen molar-refractivity contribution >= 4 is 73.4 Å². The minimum Gasteiger partial charge on any atom is -0.487 e. The van der Waals surface area contributed by atoms with E-state index in [0.29, 0.717) is 38.8 Å². The second-order valence-corrected chi connectivity index (χ2v) is 12.4. The van der Waals surface area contributed by atoms with Crippen molar-refractivity contribution in [3.05, 3.63) is 99.2 Å². The zero-order valence-electron chi connectivity index (χ0n) is 23.9. The summed E-state index contributed by atoms with van der Waals surface area (Å²) < 4.78 is 31.4. The van der Waals surface area contributed by atoms with Gasteiger partial charge in [-0.1, -0.05) is 47.5 Å². The lowest BCUT2D eigenvalue weighted by Crippen LogP contribution is -2.37. The number of aryl methyl sites for hydroxylation is 2. The molecule has 0 saturated carbocycles. The lowest BCUT2D eigenvalue weighted by molar-refractivity contribution is -0.122. The van der Waals surface area contributed by atoms with Crippen molar-refractivity contribution in [1.82, 2.24) is 10.3 Å². The molecule has 0 radical (unpaired) electrons. The molecule has 0 spiro atoms. The molecule has 0 bridgehead atoms. The van der Waals surface area contributed by atoms with Crippen molar-refractivity contribution < 1.29 is 22.7 Å². The highest BCUT2D eigenvalue weighted by Crippen LogP contribution is 2.35. The highest BCUT2D eigenvalue weighted by atomic mass is 35.5. The molecule has 4 rings (SSSR count). The lowest BCUT2D eigenvalue weighted by Gasteiger charge is -2.21. The monoisotopic (exact) mass is 640 g/mol. The van der Waals surface area contributed by atoms with Crippen LogP contribution in [-0.2, 0) is 26.2 Å². The minimum absolute atomic E-state index is 0.0502. The van der Waals surface area contributed by atoms with Gasteiger partial charge in [0, 0.05) is 34.8 Å². The Hall–Kier alpha value is -4.12. The average molecular weight is 642 g/mol. The fourth-order valence-corrected chi connectivity index (χ4v) is 5.45. The van der Waals surface area contributed by atoms with E-state index in [4.69, 9.17) is 27.9 Å². The van der Waals surface area contributed by atoms with E-state index in [1.165, 1.54) is 11.0 Å². The smallest absolute Gasteiger partial charge is 0.246 e. The first-order chi connectivity index (χ1) is 20.3. The quantitative estimate of drug-likeness (QED) is 0.208. The van der Waals surface area contributed by atoms with E-state index in [1.54, 1.807) is 50.4 Å². The van der Waals surface area contributed by atoms with Gasteiger partial charge in [-0.25, -0.2) is 13.4 Å². The number of para-hydroxylation sites is 1. The summed E-state index contributed by atoms with van der Waals surface area (Å²) in [5.74, 6) is -0.304. The Kier molecular flexibility index (Phi) is 9.95. The number of carbonyl (C=O) groups excluding carboxylic acids is 2. The van der Waals surface area contributed by atoms with Gasteiger partial charge in [0.25, 0.3) is 0 Å². The van der Waals surface area contributed by atoms with Crippen LogP contribution in [0.3, 0.4) is 0 Å². The SMILES string of the molecule is Cc1ccc2cccc(OCc3c(Cl)ccc(N(C)C(=O)CNC(=O)C=Cc4ccc(NS(C)(=O)=O)c(C)c4)c3Cl)c2n1. The number of anilines is 2. The van der Waals surface area contributed by atoms with Gasteiger partial charge in [0.05, 0.1) is 29.2 Å². The Bertz CT molecular complexity index is 1840. The summed E-state index contributed by atoms with van der Waals surface area (Å²) in [7, 11) is -1.85. The molecule has 2 amide bonds. The second kappa shape index (κ2) is 13.5. The maximum atomic E-state index is 12.9. The third kappa shape index (κ3) is 8.25. The first-order valence-corrected chi connectivity index (χ1v) is 15.7. The Morgan fingerprint density at radius 2 is 1.81 bits per heavy atom. The number of amides is 2. The van der Waals surface area contributed by atoms with Gasteiger partial charge < -0.3 is 15.0 Å². The largest absolute Gasteiger partial charge is 0.487 e. The predicted molar refractivity (Wildman–Crippen MR) is 172 cm³/mol. The molecular weight excluding hydrogens is 611 g/mol. The van der Waals surface area contributed by atoms with Gasteiger partial charge in [0.15, 0.2) is 0 Å². The van der Waals surface area contributed by atoms with E-state index in [2.05, 4.69) is 15.0 Å². The van der Waals surface area contributed by atoms with Crippen LogP contribution in [0.5, 0.6) is 5.75 Å². The molecule has 43 heavy (non-hydrogen) atoms. The third-order valence-corrected chi connectivity index (χ3v) is 7.85. The summed E-state index contributed by atoms with van der Waals surface area (Å²) >= 11 is 13.1. The fraction of sp³-hybridized carbons (Fsp3) is 0.194. The van der Waals surface area contributed by atoms with Crippen molar-refractivity contribution in [1.29, 1.82) is 0 Å². The Balaban J connectivity index is 1.39. The van der Waals surface area contributed by atoms with Gasteiger partial charge in [-0.3, -0.25) is 14.3 Å². The number of benzene rings is 3. The molecule has 12 heteroatoms. The van der Waals surface area contributed by atoms with Crippen LogP contribution in [0.2, 0.25) is 10.0 Å². The van der Waals surface area contributed by atoms with Crippen LogP contribution in [0.4, 0.5) is 11.4 Å². The molecule has 4 aromatic rings. The number of aromatic nitrogens is 1. The number of carbonyl (C=O) groups is 2. The molecule has 0 unspecified atom stereocenters. The van der Waals surface area contributed by atoms with Crippen LogP contribution in [0, 0.1) is 13.8 Å². The number of pyridine rings is 1. The number of rotatable bonds is 10. The van der Waals surface area contributed by atoms with E-state index in [9.17, 15) is 18.0 Å². The number of halogens is 2. The Morgan fingerprint density at radius 1 is 1.05 bits per heavy atom. The normalized spacial score (nSPS) is 11.5. The van der Waals surface area contributed by atoms with Crippen LogP contribution in [0.1, 0.15) is 22.4 Å². The van der Waals surface area contributed by atoms with E-state index in [-0.39, 0.29) is 18.2 Å². The van der Waals surface area contributed by atoms with Gasteiger partial charge in [0.2, 0.25) is 21.8 Å². The van der Waals surface area contributed by atoms with E-state index < -0.39 is 21.8 Å². The molecule has 9 nitrogen and oxygen atoms in total. The first kappa shape index (κ1) is 31.8. The van der Waals surface area contributed by atoms with Crippen molar-refractivity contribution in [3.8, 4) is 5.75 Å². The van der Waals surface area contributed by atoms with Crippen LogP contribution >= 0.6 is 23.2 Å². The Labute approximate surface area is 260 Å². The number of sulfonamides is 1. The molecule has 0 aliphatic heterocycles. The van der Waals surface area contributed by atoms with Gasteiger partial charge in [-0.05, 0) is 67.4 Å². The van der Waals surface area contributed by atoms with Crippen LogP contribution in [0.15, 0.2) is 66.7 Å². The van der Waals surface area contributed by atoms with Crippen LogP contribution in [-0.4, -0.2) is 45.1 Å². The van der Waals surface area contributed by atoms with E-state index in [0.717, 1.165) is 22.9 Å². The number of hydrogen-bond donors (Lipinski definition) is 2. The zero-order valence-corrected chi connectivity index (χ0v) is 26.3. The minimum atomic E-state index is -3.40. The molecule has 0 fully saturated rings. The van der Waals surface area contributed by atoms with Gasteiger partial charge in [0.1, 0.15) is 17.9 Å². The van der Waals surface area contributed by atoms with Crippen molar-refractivity contribution in [2.24, 2.45) is 0 Å². The maximum Gasteiger partial charge on any atom is 0.246 e. The molecule has 224 valence electrons. The van der Waals surface area contributed by atoms with Crippen molar-refractivity contribution in [2.45, 2.75) is 20.5 Å². The second-order valence-electron chi connectivity index (χ2n) is 9.88. The first-order valence-electron chi connectivity index (χ1n) is 13.1. The van der Waals surface area contributed by atoms with E-state index in [1.807, 2.05) is 37.3 Å². The summed E-state index contributed by atoms with van der Waals surface area (Å²) in [6, 6.07) is 17.8. The molecule has 0 atom stereocenters. The van der Waals surface area contributed by atoms with Gasteiger partial charge in [-0.2, -0.15) is 0 Å². The number of ether oxygens (including phenoxy) is 1. The predicted octanol–water partition coefficient (Wildman–Crippen LogP) is 5.90. The summed E-state index contributed by atoms with van der Waals surface area (Å²) in [6.45, 7) is 3.43. The van der Waals surface area contributed by atoms with Crippen LogP contribution < -0.4 is 19.7 Å². The zero-order chi connectivity index (χ0) is 31.3. The number of nitrogens with zero attached hydrogens (tertiary/aromatic N) is 2. The third-order valence-electron chi connectivity index (χ3n) is 6.48. The van der Waals surface area contributed by atoms with Crippen LogP contribution in [0.25, 0.3) is 17.0 Å².